The average molecular weight is 398 g/mol. The fraction of sp³-hybridized carbons (Fsp3) is 0.286. The number of unbranched alkanes of at least 4 members (excludes halogenated alkanes) is 2. The lowest BCUT2D eigenvalue weighted by Crippen LogP contribution is -2.24. The Morgan fingerprint density at radius 1 is 1.11 bits per heavy atom. The summed E-state index contributed by atoms with van der Waals surface area (Å²) in [5, 5.41) is 9.58. The molecule has 0 bridgehead atoms. The number of esters is 1. The number of nitrogens with zero attached hydrogens (tertiary/aromatic N) is 2. The van der Waals surface area contributed by atoms with E-state index in [0.717, 1.165) is 29.8 Å². The first kappa shape index (κ1) is 19.8. The second-order valence-electron chi connectivity index (χ2n) is 6.29. The Bertz CT molecular complexity index is 904. The van der Waals surface area contributed by atoms with Gasteiger partial charge in [0.15, 0.2) is 0 Å². The number of amides is 1. The number of hydrogen-bond acceptors (Lipinski definition) is 5. The maximum absolute atomic E-state index is 12.8. The number of hydrogen-bond donors (Lipinski definition) is 1. The number of thiophene rings is 1. The van der Waals surface area contributed by atoms with Gasteiger partial charge in [-0.1, -0.05) is 30.7 Å². The normalized spacial score (nSPS) is 10.6. The molecule has 0 aliphatic heterocycles. The van der Waals surface area contributed by atoms with Crippen molar-refractivity contribution < 1.29 is 14.3 Å². The molecule has 7 heteroatoms. The van der Waals surface area contributed by atoms with Crippen LogP contribution in [0, 0.1) is 0 Å². The second kappa shape index (κ2) is 9.85. The number of para-hydroxylation sites is 1. The van der Waals surface area contributed by atoms with E-state index in [9.17, 15) is 9.59 Å². The van der Waals surface area contributed by atoms with E-state index >= 15 is 0 Å². The lowest BCUT2D eigenvalue weighted by molar-refractivity contribution is -0.140. The molecule has 2 aromatic heterocycles. The maximum Gasteiger partial charge on any atom is 0.305 e. The average Bonchev–Trinajstić information content (AvgIpc) is 3.40. The molecule has 0 fully saturated rings. The molecule has 0 spiro atoms. The van der Waals surface area contributed by atoms with Crippen LogP contribution in [0.4, 0.5) is 0 Å². The Hall–Kier alpha value is -2.93. The molecule has 2 heterocycles. The molecule has 1 N–H and O–H groups in total. The van der Waals surface area contributed by atoms with Crippen molar-refractivity contribution in [3.63, 3.8) is 0 Å². The Labute approximate surface area is 168 Å². The summed E-state index contributed by atoms with van der Waals surface area (Å²) < 4.78 is 6.36. The minimum absolute atomic E-state index is 0.140. The smallest absolute Gasteiger partial charge is 0.305 e. The Balaban J connectivity index is 1.65. The standard InChI is InChI=1S/C21H23N3O3S/c1-27-19(25)12-6-3-7-13-22-21(26)17-15-24(16-9-4-2-5-10-16)23-20(17)18-11-8-14-28-18/h2,4-5,8-11,14-15H,3,6-7,12-13H2,1H3,(H,22,26). The molecular weight excluding hydrogens is 374 g/mol. The summed E-state index contributed by atoms with van der Waals surface area (Å²) in [4.78, 5) is 24.8. The number of methoxy groups -OCH3 is 1. The maximum atomic E-state index is 12.8. The molecule has 0 saturated heterocycles. The highest BCUT2D eigenvalue weighted by Crippen LogP contribution is 2.27. The second-order valence-corrected chi connectivity index (χ2v) is 7.24. The molecule has 0 aliphatic carbocycles. The third kappa shape index (κ3) is 5.07. The Morgan fingerprint density at radius 3 is 2.64 bits per heavy atom. The molecule has 3 rings (SSSR count). The zero-order valence-electron chi connectivity index (χ0n) is 15.8. The molecule has 3 aromatic rings. The highest BCUT2D eigenvalue weighted by molar-refractivity contribution is 7.13. The first-order valence-corrected chi connectivity index (χ1v) is 10.1. The van der Waals surface area contributed by atoms with Gasteiger partial charge in [0.1, 0.15) is 5.69 Å². The van der Waals surface area contributed by atoms with Gasteiger partial charge in [-0.15, -0.1) is 11.3 Å². The van der Waals surface area contributed by atoms with Crippen LogP contribution in [0.5, 0.6) is 0 Å². The molecule has 0 saturated carbocycles. The van der Waals surface area contributed by atoms with E-state index in [0.29, 0.717) is 24.2 Å². The number of aromatic nitrogens is 2. The molecule has 0 aliphatic rings. The SMILES string of the molecule is COC(=O)CCCCCNC(=O)c1cn(-c2ccccc2)nc1-c1cccs1. The van der Waals surface area contributed by atoms with Gasteiger partial charge in [0.25, 0.3) is 5.91 Å². The van der Waals surface area contributed by atoms with Crippen LogP contribution in [-0.2, 0) is 9.53 Å². The van der Waals surface area contributed by atoms with Crippen molar-refractivity contribution in [2.45, 2.75) is 25.7 Å². The third-order valence-electron chi connectivity index (χ3n) is 4.31. The van der Waals surface area contributed by atoms with Crippen LogP contribution < -0.4 is 5.32 Å². The first-order chi connectivity index (χ1) is 13.7. The molecule has 146 valence electrons. The minimum atomic E-state index is -0.196. The van der Waals surface area contributed by atoms with Gasteiger partial charge in [-0.05, 0) is 36.4 Å². The number of carbonyl (C=O) groups is 2. The lowest BCUT2D eigenvalue weighted by atomic mass is 10.2. The van der Waals surface area contributed by atoms with Gasteiger partial charge in [-0.3, -0.25) is 9.59 Å². The summed E-state index contributed by atoms with van der Waals surface area (Å²) >= 11 is 1.56. The van der Waals surface area contributed by atoms with Crippen LogP contribution in [0.15, 0.2) is 54.0 Å². The quantitative estimate of drug-likeness (QED) is 0.436. The van der Waals surface area contributed by atoms with Crippen LogP contribution in [0.3, 0.4) is 0 Å². The van der Waals surface area contributed by atoms with Crippen molar-refractivity contribution in [1.29, 1.82) is 0 Å². The molecule has 1 aromatic carbocycles. The zero-order valence-corrected chi connectivity index (χ0v) is 16.6. The van der Waals surface area contributed by atoms with E-state index in [1.54, 1.807) is 22.2 Å². The van der Waals surface area contributed by atoms with Crippen LogP contribution in [0.1, 0.15) is 36.0 Å². The fourth-order valence-electron chi connectivity index (χ4n) is 2.82. The number of rotatable bonds is 9. The van der Waals surface area contributed by atoms with Crippen LogP contribution in [0.25, 0.3) is 16.3 Å². The van der Waals surface area contributed by atoms with Crippen molar-refractivity contribution >= 4 is 23.2 Å². The highest BCUT2D eigenvalue weighted by atomic mass is 32.1. The van der Waals surface area contributed by atoms with Crippen molar-refractivity contribution in [3.8, 4) is 16.3 Å². The summed E-state index contributed by atoms with van der Waals surface area (Å²) in [7, 11) is 1.39. The van der Waals surface area contributed by atoms with Gasteiger partial charge in [0.05, 0.1) is 23.2 Å². The molecule has 0 atom stereocenters. The molecule has 6 nitrogen and oxygen atoms in total. The summed E-state index contributed by atoms with van der Waals surface area (Å²) in [6.07, 6.45) is 4.61. The van der Waals surface area contributed by atoms with Crippen LogP contribution in [-0.4, -0.2) is 35.3 Å². The van der Waals surface area contributed by atoms with Gasteiger partial charge in [0, 0.05) is 19.2 Å². The summed E-state index contributed by atoms with van der Waals surface area (Å²) in [6.45, 7) is 0.556. The van der Waals surface area contributed by atoms with Crippen molar-refractivity contribution in [3.05, 3.63) is 59.6 Å². The number of ether oxygens (including phenoxy) is 1. The first-order valence-electron chi connectivity index (χ1n) is 9.23. The largest absolute Gasteiger partial charge is 0.469 e. The van der Waals surface area contributed by atoms with Crippen molar-refractivity contribution in [2.24, 2.45) is 0 Å². The molecule has 0 unspecified atom stereocenters. The zero-order chi connectivity index (χ0) is 19.8. The Morgan fingerprint density at radius 2 is 1.93 bits per heavy atom. The molecular formula is C21H23N3O3S. The molecule has 28 heavy (non-hydrogen) atoms. The van der Waals surface area contributed by atoms with Gasteiger partial charge < -0.3 is 10.1 Å². The van der Waals surface area contributed by atoms with Gasteiger partial charge in [-0.25, -0.2) is 4.68 Å². The van der Waals surface area contributed by atoms with Crippen LogP contribution >= 0.6 is 11.3 Å². The van der Waals surface area contributed by atoms with E-state index < -0.39 is 0 Å². The van der Waals surface area contributed by atoms with Gasteiger partial charge in [0.2, 0.25) is 0 Å². The predicted octanol–water partition coefficient (Wildman–Crippen LogP) is 4.06. The van der Waals surface area contributed by atoms with E-state index in [1.165, 1.54) is 7.11 Å². The van der Waals surface area contributed by atoms with Crippen molar-refractivity contribution in [2.75, 3.05) is 13.7 Å². The predicted molar refractivity (Wildman–Crippen MR) is 110 cm³/mol. The summed E-state index contributed by atoms with van der Waals surface area (Å²) in [5.74, 6) is -0.337. The summed E-state index contributed by atoms with van der Waals surface area (Å²) in [6, 6.07) is 13.6. The Kier molecular flexibility index (Phi) is 6.97. The molecule has 1 amide bonds. The highest BCUT2D eigenvalue weighted by Gasteiger charge is 2.19. The topological polar surface area (TPSA) is 73.2 Å². The number of nitrogens with one attached hydrogen (secondary N) is 1. The van der Waals surface area contributed by atoms with E-state index in [2.05, 4.69) is 15.2 Å². The van der Waals surface area contributed by atoms with E-state index in [4.69, 9.17) is 0 Å². The number of carbonyl (C=O) groups excluding carboxylic acids is 2. The number of benzene rings is 1. The van der Waals surface area contributed by atoms with Crippen LogP contribution in [0.2, 0.25) is 0 Å². The van der Waals surface area contributed by atoms with E-state index in [-0.39, 0.29) is 11.9 Å². The lowest BCUT2D eigenvalue weighted by Gasteiger charge is -2.05. The van der Waals surface area contributed by atoms with Gasteiger partial charge >= 0.3 is 5.97 Å². The fourth-order valence-corrected chi connectivity index (χ4v) is 3.54. The monoisotopic (exact) mass is 397 g/mol. The summed E-state index contributed by atoms with van der Waals surface area (Å²) in [5.41, 5.74) is 2.14. The minimum Gasteiger partial charge on any atom is -0.469 e. The van der Waals surface area contributed by atoms with E-state index in [1.807, 2.05) is 47.8 Å². The molecule has 0 radical (unpaired) electrons. The third-order valence-corrected chi connectivity index (χ3v) is 5.18. The van der Waals surface area contributed by atoms with Crippen molar-refractivity contribution in [1.82, 2.24) is 15.1 Å². The van der Waals surface area contributed by atoms with Gasteiger partial charge in [-0.2, -0.15) is 5.10 Å².